The van der Waals surface area contributed by atoms with Gasteiger partial charge in [-0.1, -0.05) is 12.1 Å². The number of hydrogen-bond acceptors (Lipinski definition) is 4. The number of benzene rings is 1. The molecule has 0 bridgehead atoms. The molecule has 130 valence electrons. The summed E-state index contributed by atoms with van der Waals surface area (Å²) in [6.07, 6.45) is 8.05. The maximum atomic E-state index is 13.7. The second kappa shape index (κ2) is 8.26. The summed E-state index contributed by atoms with van der Waals surface area (Å²) in [6, 6.07) is 6.32. The van der Waals surface area contributed by atoms with E-state index >= 15 is 0 Å². The zero-order chi connectivity index (χ0) is 16.8. The van der Waals surface area contributed by atoms with E-state index in [0.29, 0.717) is 0 Å². The van der Waals surface area contributed by atoms with Crippen LogP contribution in [-0.2, 0) is 6.54 Å². The third-order valence-electron chi connectivity index (χ3n) is 4.47. The Hall–Kier alpha value is -1.92. The Kier molecular flexibility index (Phi) is 5.82. The van der Waals surface area contributed by atoms with E-state index in [1.807, 2.05) is 10.8 Å². The molecule has 2 N–H and O–H groups in total. The Morgan fingerprint density at radius 3 is 3.00 bits per heavy atom. The summed E-state index contributed by atoms with van der Waals surface area (Å²) < 4.78 is 21.5. The van der Waals surface area contributed by atoms with Crippen LogP contribution in [0.25, 0.3) is 0 Å². The predicted molar refractivity (Wildman–Crippen MR) is 89.3 cm³/mol. The first kappa shape index (κ1) is 16.9. The lowest BCUT2D eigenvalue weighted by molar-refractivity contribution is -0.0168. The lowest BCUT2D eigenvalue weighted by Crippen LogP contribution is -2.51. The molecule has 3 atom stereocenters. The van der Waals surface area contributed by atoms with E-state index in [2.05, 4.69) is 10.3 Å². The van der Waals surface area contributed by atoms with Crippen LogP contribution in [0.4, 0.5) is 4.39 Å². The second-order valence-corrected chi connectivity index (χ2v) is 6.22. The highest BCUT2D eigenvalue weighted by atomic mass is 19.1. The zero-order valence-electron chi connectivity index (χ0n) is 13.6. The van der Waals surface area contributed by atoms with Crippen LogP contribution in [0.1, 0.15) is 25.7 Å². The first-order valence-electron chi connectivity index (χ1n) is 8.52. The van der Waals surface area contributed by atoms with Gasteiger partial charge in [0.25, 0.3) is 0 Å². The number of nitrogens with zero attached hydrogens (tertiary/aromatic N) is 2. The number of aliphatic hydroxyl groups excluding tert-OH is 1. The molecule has 1 aromatic heterocycles. The summed E-state index contributed by atoms with van der Waals surface area (Å²) in [5.41, 5.74) is 0. The first-order valence-corrected chi connectivity index (χ1v) is 8.52. The summed E-state index contributed by atoms with van der Waals surface area (Å²) in [6.45, 7) is 1.71. The largest absolute Gasteiger partial charge is 0.485 e. The molecule has 3 rings (SSSR count). The molecular formula is C18H24FN3O2. The fourth-order valence-corrected chi connectivity index (χ4v) is 3.16. The van der Waals surface area contributed by atoms with Crippen molar-refractivity contribution in [1.82, 2.24) is 14.9 Å². The Bertz CT molecular complexity index is 620. The van der Waals surface area contributed by atoms with Crippen LogP contribution >= 0.6 is 0 Å². The van der Waals surface area contributed by atoms with Gasteiger partial charge in [-0.3, -0.25) is 0 Å². The van der Waals surface area contributed by atoms with Crippen molar-refractivity contribution in [3.8, 4) is 5.75 Å². The monoisotopic (exact) mass is 333 g/mol. The summed E-state index contributed by atoms with van der Waals surface area (Å²) in [4.78, 5) is 4.02. The Balaban J connectivity index is 1.47. The smallest absolute Gasteiger partial charge is 0.165 e. The van der Waals surface area contributed by atoms with Gasteiger partial charge in [0.1, 0.15) is 12.2 Å². The van der Waals surface area contributed by atoms with Crippen molar-refractivity contribution in [1.29, 1.82) is 0 Å². The molecule has 0 spiro atoms. The standard InChI is InChI=1S/C18H24FN3O2/c19-14-5-1-2-7-16(14)24-17-8-3-6-15(18(17)23)21-9-4-11-22-12-10-20-13-22/h1-2,5,7,10,12-13,15,17-18,21,23H,3-4,6,8-9,11H2/t15-,17+,18+/m0/s1. The quantitative estimate of drug-likeness (QED) is 0.764. The van der Waals surface area contributed by atoms with E-state index in [1.165, 1.54) is 6.07 Å². The number of imidazole rings is 1. The van der Waals surface area contributed by atoms with Gasteiger partial charge >= 0.3 is 0 Å². The topological polar surface area (TPSA) is 59.3 Å². The van der Waals surface area contributed by atoms with E-state index < -0.39 is 6.10 Å². The lowest BCUT2D eigenvalue weighted by Gasteiger charge is -2.35. The van der Waals surface area contributed by atoms with Gasteiger partial charge in [0, 0.05) is 25.0 Å². The van der Waals surface area contributed by atoms with E-state index in [-0.39, 0.29) is 23.7 Å². The molecule has 0 radical (unpaired) electrons. The van der Waals surface area contributed by atoms with Crippen LogP contribution < -0.4 is 10.1 Å². The van der Waals surface area contributed by atoms with Crippen molar-refractivity contribution in [2.75, 3.05) is 6.54 Å². The minimum atomic E-state index is -0.633. The van der Waals surface area contributed by atoms with Crippen molar-refractivity contribution >= 4 is 0 Å². The van der Waals surface area contributed by atoms with Crippen LogP contribution in [0, 0.1) is 5.82 Å². The molecule has 0 saturated heterocycles. The molecule has 0 aliphatic heterocycles. The molecular weight excluding hydrogens is 309 g/mol. The number of rotatable bonds is 7. The number of hydrogen-bond donors (Lipinski definition) is 2. The molecule has 5 nitrogen and oxygen atoms in total. The number of ether oxygens (including phenoxy) is 1. The van der Waals surface area contributed by atoms with E-state index in [9.17, 15) is 9.50 Å². The van der Waals surface area contributed by atoms with E-state index in [4.69, 9.17) is 4.74 Å². The van der Waals surface area contributed by atoms with Gasteiger partial charge in [0.15, 0.2) is 11.6 Å². The van der Waals surface area contributed by atoms with E-state index in [1.54, 1.807) is 30.7 Å². The normalized spacial score (nSPS) is 24.0. The fourth-order valence-electron chi connectivity index (χ4n) is 3.16. The molecule has 1 aliphatic carbocycles. The fraction of sp³-hybridized carbons (Fsp3) is 0.500. The van der Waals surface area contributed by atoms with Gasteiger partial charge in [-0.05, 0) is 44.4 Å². The number of halogens is 1. The van der Waals surface area contributed by atoms with Crippen molar-refractivity contribution in [3.63, 3.8) is 0 Å². The summed E-state index contributed by atoms with van der Waals surface area (Å²) >= 11 is 0. The Morgan fingerprint density at radius 1 is 1.33 bits per heavy atom. The van der Waals surface area contributed by atoms with Gasteiger partial charge in [-0.2, -0.15) is 0 Å². The number of para-hydroxylation sites is 1. The Morgan fingerprint density at radius 2 is 2.21 bits per heavy atom. The number of aliphatic hydroxyl groups is 1. The molecule has 1 saturated carbocycles. The van der Waals surface area contributed by atoms with Crippen molar-refractivity contribution < 1.29 is 14.2 Å². The van der Waals surface area contributed by atoms with Crippen LogP contribution in [-0.4, -0.2) is 39.5 Å². The van der Waals surface area contributed by atoms with Crippen molar-refractivity contribution in [2.24, 2.45) is 0 Å². The van der Waals surface area contributed by atoms with Gasteiger partial charge in [0.2, 0.25) is 0 Å². The number of aryl methyl sites for hydroxylation is 1. The molecule has 0 amide bonds. The average molecular weight is 333 g/mol. The highest BCUT2D eigenvalue weighted by molar-refractivity contribution is 5.24. The van der Waals surface area contributed by atoms with Crippen molar-refractivity contribution in [3.05, 3.63) is 48.8 Å². The molecule has 0 unspecified atom stereocenters. The van der Waals surface area contributed by atoms with Gasteiger partial charge in [-0.25, -0.2) is 9.37 Å². The molecule has 1 aromatic carbocycles. The van der Waals surface area contributed by atoms with Gasteiger partial charge in [-0.15, -0.1) is 0 Å². The number of nitrogens with one attached hydrogen (secondary N) is 1. The third kappa shape index (κ3) is 4.33. The molecule has 6 heteroatoms. The molecule has 1 aliphatic rings. The maximum Gasteiger partial charge on any atom is 0.165 e. The minimum Gasteiger partial charge on any atom is -0.485 e. The van der Waals surface area contributed by atoms with Crippen LogP contribution in [0.3, 0.4) is 0 Å². The minimum absolute atomic E-state index is 0.0155. The maximum absolute atomic E-state index is 13.7. The number of aromatic nitrogens is 2. The average Bonchev–Trinajstić information content (AvgIpc) is 3.10. The third-order valence-corrected chi connectivity index (χ3v) is 4.47. The summed E-state index contributed by atoms with van der Waals surface area (Å²) in [7, 11) is 0. The van der Waals surface area contributed by atoms with Crippen LogP contribution in [0.15, 0.2) is 43.0 Å². The van der Waals surface area contributed by atoms with Crippen LogP contribution in [0.2, 0.25) is 0 Å². The molecule has 1 fully saturated rings. The molecule has 1 heterocycles. The lowest BCUT2D eigenvalue weighted by atomic mass is 9.89. The summed E-state index contributed by atoms with van der Waals surface area (Å²) in [5.74, 6) is -0.178. The van der Waals surface area contributed by atoms with Crippen LogP contribution in [0.5, 0.6) is 5.75 Å². The highest BCUT2D eigenvalue weighted by Gasteiger charge is 2.33. The highest BCUT2D eigenvalue weighted by Crippen LogP contribution is 2.26. The first-order chi connectivity index (χ1) is 11.7. The van der Waals surface area contributed by atoms with Gasteiger partial charge in [0.05, 0.1) is 6.33 Å². The van der Waals surface area contributed by atoms with Gasteiger partial charge < -0.3 is 19.7 Å². The van der Waals surface area contributed by atoms with E-state index in [0.717, 1.165) is 38.8 Å². The SMILES string of the molecule is O[C@@H]1[C@@H](NCCCn2ccnc2)CCC[C@H]1Oc1ccccc1F. The molecule has 2 aromatic rings. The Labute approximate surface area is 141 Å². The summed E-state index contributed by atoms with van der Waals surface area (Å²) in [5, 5.41) is 13.9. The zero-order valence-corrected chi connectivity index (χ0v) is 13.6. The second-order valence-electron chi connectivity index (χ2n) is 6.22. The van der Waals surface area contributed by atoms with Crippen molar-refractivity contribution in [2.45, 2.75) is 50.5 Å². The predicted octanol–water partition coefficient (Wildman–Crippen LogP) is 2.36. The molecule has 24 heavy (non-hydrogen) atoms.